The van der Waals surface area contributed by atoms with Gasteiger partial charge in [0.15, 0.2) is 0 Å². The number of aromatic nitrogens is 2. The number of ether oxygens (including phenoxy) is 1. The molecule has 2 rings (SSSR count). The highest BCUT2D eigenvalue weighted by Crippen LogP contribution is 2.50. The van der Waals surface area contributed by atoms with Gasteiger partial charge in [0.05, 0.1) is 6.61 Å². The van der Waals surface area contributed by atoms with E-state index in [1.165, 1.54) is 6.66 Å². The summed E-state index contributed by atoms with van der Waals surface area (Å²) in [5.41, 5.74) is 0.205. The van der Waals surface area contributed by atoms with Crippen molar-refractivity contribution in [3.63, 3.8) is 0 Å². The molecule has 2 aromatic rings. The molecular weight excluding hydrogens is 367 g/mol. The lowest BCUT2D eigenvalue weighted by molar-refractivity contribution is -0.154. The van der Waals surface area contributed by atoms with E-state index in [1.54, 1.807) is 27.7 Å². The van der Waals surface area contributed by atoms with Gasteiger partial charge in [-0.05, 0) is 34.6 Å². The Balaban J connectivity index is 2.26. The third-order valence-electron chi connectivity index (χ3n) is 3.78. The summed E-state index contributed by atoms with van der Waals surface area (Å²) in [6.45, 7) is 10.6. The quantitative estimate of drug-likeness (QED) is 0.512. The molecule has 7 nitrogen and oxygen atoms in total. The van der Waals surface area contributed by atoms with Crippen molar-refractivity contribution in [2.24, 2.45) is 0 Å². The van der Waals surface area contributed by atoms with Crippen molar-refractivity contribution < 1.29 is 23.1 Å². The van der Waals surface area contributed by atoms with Crippen molar-refractivity contribution in [3.8, 4) is 11.4 Å². The molecule has 27 heavy (non-hydrogen) atoms. The van der Waals surface area contributed by atoms with Crippen LogP contribution in [0.3, 0.4) is 0 Å². The lowest BCUT2D eigenvalue weighted by atomic mass is 10.1. The molecule has 0 aliphatic rings. The van der Waals surface area contributed by atoms with E-state index < -0.39 is 24.6 Å². The van der Waals surface area contributed by atoms with Crippen LogP contribution < -0.4 is 0 Å². The third kappa shape index (κ3) is 6.01. The lowest BCUT2D eigenvalue weighted by Crippen LogP contribution is -2.33. The largest absolute Gasteiger partial charge is 0.459 e. The van der Waals surface area contributed by atoms with Gasteiger partial charge >= 0.3 is 5.97 Å². The molecule has 0 saturated carbocycles. The number of carbonyl (C=O) groups is 1. The number of nitrogens with zero attached hydrogens (tertiary/aromatic N) is 2. The second-order valence-corrected chi connectivity index (χ2v) is 10.2. The van der Waals surface area contributed by atoms with Gasteiger partial charge in [-0.2, -0.15) is 4.98 Å². The van der Waals surface area contributed by atoms with Crippen molar-refractivity contribution in [2.45, 2.75) is 52.3 Å². The Kier molecular flexibility index (Phi) is 6.60. The predicted octanol–water partition coefficient (Wildman–Crippen LogP) is 4.24. The van der Waals surface area contributed by atoms with Gasteiger partial charge in [0, 0.05) is 18.6 Å². The molecule has 0 bridgehead atoms. The Morgan fingerprint density at radius 1 is 1.26 bits per heavy atom. The Morgan fingerprint density at radius 3 is 2.44 bits per heavy atom. The van der Waals surface area contributed by atoms with E-state index in [0.29, 0.717) is 5.82 Å². The summed E-state index contributed by atoms with van der Waals surface area (Å²) in [7, 11) is -3.28. The summed E-state index contributed by atoms with van der Waals surface area (Å²) in [6.07, 6.45) is -0.0123. The van der Waals surface area contributed by atoms with E-state index in [2.05, 4.69) is 10.1 Å². The summed E-state index contributed by atoms with van der Waals surface area (Å²) in [6, 6.07) is 7.68. The average Bonchev–Trinajstić information content (AvgIpc) is 3.00. The molecule has 0 spiro atoms. The maximum Gasteiger partial charge on any atom is 0.319 e. The first-order valence-electron chi connectivity index (χ1n) is 8.86. The van der Waals surface area contributed by atoms with Gasteiger partial charge in [-0.15, -0.1) is 0 Å². The molecule has 148 valence electrons. The van der Waals surface area contributed by atoms with Crippen molar-refractivity contribution >= 4 is 13.3 Å². The number of hydrogen-bond donors (Lipinski definition) is 0. The number of benzene rings is 1. The van der Waals surface area contributed by atoms with Crippen LogP contribution in [0, 0.1) is 6.92 Å². The first-order valence-corrected chi connectivity index (χ1v) is 11.0. The van der Waals surface area contributed by atoms with Crippen LogP contribution in [0.1, 0.15) is 39.1 Å². The van der Waals surface area contributed by atoms with Crippen LogP contribution in [-0.4, -0.2) is 40.6 Å². The molecule has 8 heteroatoms. The fourth-order valence-corrected chi connectivity index (χ4v) is 4.10. The van der Waals surface area contributed by atoms with Crippen molar-refractivity contribution in [2.75, 3.05) is 13.3 Å². The zero-order valence-corrected chi connectivity index (χ0v) is 17.6. The zero-order chi connectivity index (χ0) is 20.2. The van der Waals surface area contributed by atoms with E-state index in [9.17, 15) is 9.36 Å². The van der Waals surface area contributed by atoms with Crippen LogP contribution in [0.2, 0.25) is 0 Å². The van der Waals surface area contributed by atoms with Crippen LogP contribution in [0.15, 0.2) is 28.8 Å². The molecule has 0 fully saturated rings. The number of carbonyl (C=O) groups excluding carboxylic acids is 1. The molecule has 0 saturated heterocycles. The minimum Gasteiger partial charge on any atom is -0.459 e. The van der Waals surface area contributed by atoms with Crippen LogP contribution in [0.25, 0.3) is 11.4 Å². The van der Waals surface area contributed by atoms with Crippen LogP contribution in [0.5, 0.6) is 0 Å². The fourth-order valence-electron chi connectivity index (χ4n) is 2.48. The Morgan fingerprint density at radius 2 is 1.89 bits per heavy atom. The average molecular weight is 394 g/mol. The van der Waals surface area contributed by atoms with Gasteiger partial charge in [-0.25, -0.2) is 0 Å². The van der Waals surface area contributed by atoms with Gasteiger partial charge in [-0.1, -0.05) is 35.0 Å². The highest BCUT2D eigenvalue weighted by atomic mass is 31.2. The van der Waals surface area contributed by atoms with Crippen LogP contribution in [-0.2, 0) is 25.0 Å². The van der Waals surface area contributed by atoms with Gasteiger partial charge < -0.3 is 13.8 Å². The minimum atomic E-state index is -3.28. The molecule has 2 unspecified atom stereocenters. The summed E-state index contributed by atoms with van der Waals surface area (Å²) in [5, 5.41) is 3.96. The highest BCUT2D eigenvalue weighted by molar-refractivity contribution is 7.60. The summed E-state index contributed by atoms with van der Waals surface area (Å²) in [5.74, 6) is 0.0235. The normalized spacial score (nSPS) is 15.2. The minimum absolute atomic E-state index is 0.0123. The topological polar surface area (TPSA) is 91.5 Å². The van der Waals surface area contributed by atoms with Gasteiger partial charge in [0.1, 0.15) is 11.3 Å². The van der Waals surface area contributed by atoms with E-state index in [1.807, 2.05) is 31.2 Å². The monoisotopic (exact) mass is 394 g/mol. The molecule has 1 heterocycles. The van der Waals surface area contributed by atoms with E-state index in [4.69, 9.17) is 13.8 Å². The van der Waals surface area contributed by atoms with Crippen molar-refractivity contribution in [3.05, 3.63) is 35.7 Å². The number of aryl methyl sites for hydroxylation is 1. The molecule has 1 aromatic heterocycles. The lowest BCUT2D eigenvalue weighted by Gasteiger charge is -2.26. The van der Waals surface area contributed by atoms with E-state index in [-0.39, 0.29) is 18.9 Å². The maximum absolute atomic E-state index is 12.9. The van der Waals surface area contributed by atoms with E-state index in [0.717, 1.165) is 11.1 Å². The molecule has 0 radical (unpaired) electrons. The van der Waals surface area contributed by atoms with Crippen molar-refractivity contribution in [1.82, 2.24) is 10.1 Å². The second kappa shape index (κ2) is 8.36. The summed E-state index contributed by atoms with van der Waals surface area (Å²) >= 11 is 0. The van der Waals surface area contributed by atoms with Gasteiger partial charge in [-0.3, -0.25) is 9.36 Å². The third-order valence-corrected chi connectivity index (χ3v) is 6.07. The second-order valence-electron chi connectivity index (χ2n) is 7.46. The molecule has 0 aliphatic carbocycles. The number of hydrogen-bond acceptors (Lipinski definition) is 7. The molecule has 0 N–H and O–H groups in total. The SMILES string of the molecule is CCOP(C)(=O)C(Cc1nc(-c2ccc(C)cc2)no1)C(=O)OC(C)(C)C. The molecule has 0 amide bonds. The highest BCUT2D eigenvalue weighted by Gasteiger charge is 2.40. The number of esters is 1. The fraction of sp³-hybridized carbons (Fsp3) is 0.526. The summed E-state index contributed by atoms with van der Waals surface area (Å²) < 4.78 is 29.0. The molecule has 1 aromatic carbocycles. The Labute approximate surface area is 159 Å². The van der Waals surface area contributed by atoms with E-state index >= 15 is 0 Å². The Hall–Kier alpha value is -1.98. The first-order chi connectivity index (χ1) is 12.5. The molecule has 0 aliphatic heterocycles. The maximum atomic E-state index is 12.9. The van der Waals surface area contributed by atoms with Crippen LogP contribution >= 0.6 is 7.37 Å². The summed E-state index contributed by atoms with van der Waals surface area (Å²) in [4.78, 5) is 17.0. The predicted molar refractivity (Wildman–Crippen MR) is 103 cm³/mol. The molecule has 2 atom stereocenters. The smallest absolute Gasteiger partial charge is 0.319 e. The number of rotatable bonds is 7. The standard InChI is InChI=1S/C19H27N2O5P/c1-7-24-27(6,23)15(18(22)25-19(3,4)5)12-16-20-17(21-26-16)14-10-8-13(2)9-11-14/h8-11,15H,7,12H2,1-6H3. The molecular formula is C19H27N2O5P. The zero-order valence-electron chi connectivity index (χ0n) is 16.7. The van der Waals surface area contributed by atoms with Crippen LogP contribution in [0.4, 0.5) is 0 Å². The van der Waals surface area contributed by atoms with Crippen molar-refractivity contribution in [1.29, 1.82) is 0 Å². The van der Waals surface area contributed by atoms with Gasteiger partial charge in [0.25, 0.3) is 0 Å². The van der Waals surface area contributed by atoms with Gasteiger partial charge in [0.2, 0.25) is 19.1 Å². The Bertz CT molecular complexity index is 823. The first kappa shape index (κ1) is 21.3.